The number of ether oxygens (including phenoxy) is 1. The Bertz CT molecular complexity index is 752. The Morgan fingerprint density at radius 2 is 1.76 bits per heavy atom. The van der Waals surface area contributed by atoms with Crippen molar-refractivity contribution in [2.45, 2.75) is 60.1 Å². The van der Waals surface area contributed by atoms with Crippen LogP contribution in [0.4, 0.5) is 0 Å². The molecule has 0 fully saturated rings. The first-order chi connectivity index (χ1) is 11.8. The van der Waals surface area contributed by atoms with Crippen LogP contribution in [0.5, 0.6) is 5.75 Å². The van der Waals surface area contributed by atoms with Gasteiger partial charge in [0, 0.05) is 0 Å². The minimum Gasteiger partial charge on any atom is -0.481 e. The maximum atomic E-state index is 12.6. The van der Waals surface area contributed by atoms with Gasteiger partial charge in [-0.15, -0.1) is 0 Å². The van der Waals surface area contributed by atoms with Crippen LogP contribution in [0.25, 0.3) is 0 Å². The van der Waals surface area contributed by atoms with Crippen molar-refractivity contribution in [2.24, 2.45) is 0 Å². The van der Waals surface area contributed by atoms with E-state index < -0.39 is 6.10 Å². The van der Waals surface area contributed by atoms with Crippen molar-refractivity contribution in [1.29, 1.82) is 0 Å². The average molecular weight is 339 g/mol. The maximum Gasteiger partial charge on any atom is 0.261 e. The monoisotopic (exact) mass is 339 g/mol. The molecule has 134 valence electrons. The number of hydrogen-bond donors (Lipinski definition) is 1. The SMILES string of the molecule is CC[C@H](NC(=O)[C@@H](C)Oc1cccc(C)c1C)c1ccc(C)c(C)c1. The molecule has 0 spiro atoms. The second-order valence-electron chi connectivity index (χ2n) is 6.77. The molecule has 0 saturated carbocycles. The van der Waals surface area contributed by atoms with Gasteiger partial charge < -0.3 is 10.1 Å². The van der Waals surface area contributed by atoms with Crippen LogP contribution in [-0.4, -0.2) is 12.0 Å². The van der Waals surface area contributed by atoms with E-state index in [0.717, 1.165) is 28.9 Å². The van der Waals surface area contributed by atoms with Gasteiger partial charge in [-0.3, -0.25) is 4.79 Å². The van der Waals surface area contributed by atoms with Gasteiger partial charge in [-0.1, -0.05) is 37.3 Å². The minimum absolute atomic E-state index is 0.00328. The van der Waals surface area contributed by atoms with Crippen LogP contribution in [0.1, 0.15) is 54.1 Å². The molecule has 0 bridgehead atoms. The molecule has 1 amide bonds. The van der Waals surface area contributed by atoms with Crippen LogP contribution in [0.3, 0.4) is 0 Å². The summed E-state index contributed by atoms with van der Waals surface area (Å²) in [5.74, 6) is 0.674. The highest BCUT2D eigenvalue weighted by atomic mass is 16.5. The lowest BCUT2D eigenvalue weighted by atomic mass is 9.99. The fourth-order valence-corrected chi connectivity index (χ4v) is 2.79. The van der Waals surface area contributed by atoms with E-state index in [9.17, 15) is 4.79 Å². The maximum absolute atomic E-state index is 12.6. The first-order valence-electron chi connectivity index (χ1n) is 8.93. The Hall–Kier alpha value is -2.29. The molecule has 2 atom stereocenters. The zero-order valence-electron chi connectivity index (χ0n) is 16.1. The fraction of sp³-hybridized carbons (Fsp3) is 0.409. The summed E-state index contributed by atoms with van der Waals surface area (Å²) >= 11 is 0. The molecule has 2 aromatic carbocycles. The smallest absolute Gasteiger partial charge is 0.261 e. The second kappa shape index (κ2) is 8.19. The van der Waals surface area contributed by atoms with Crippen molar-refractivity contribution in [1.82, 2.24) is 5.32 Å². The van der Waals surface area contributed by atoms with Crippen LogP contribution in [-0.2, 0) is 4.79 Å². The molecular weight excluding hydrogens is 310 g/mol. The summed E-state index contributed by atoms with van der Waals surface area (Å²) in [6.45, 7) is 12.1. The van der Waals surface area contributed by atoms with Crippen molar-refractivity contribution in [3.63, 3.8) is 0 Å². The summed E-state index contributed by atoms with van der Waals surface area (Å²) in [5.41, 5.74) is 5.87. The number of carbonyl (C=O) groups is 1. The molecule has 0 heterocycles. The lowest BCUT2D eigenvalue weighted by Gasteiger charge is -2.22. The molecule has 0 saturated heterocycles. The topological polar surface area (TPSA) is 38.3 Å². The third kappa shape index (κ3) is 4.62. The van der Waals surface area contributed by atoms with Gasteiger partial charge in [-0.2, -0.15) is 0 Å². The zero-order chi connectivity index (χ0) is 18.6. The standard InChI is InChI=1S/C22H29NO2/c1-7-20(19-12-11-14(2)16(4)13-19)23-22(24)18(6)25-21-10-8-9-15(3)17(21)5/h8-13,18,20H,7H2,1-6H3,(H,23,24)/t18-,20+/m1/s1. The van der Waals surface area contributed by atoms with Gasteiger partial charge in [-0.25, -0.2) is 0 Å². The number of benzene rings is 2. The van der Waals surface area contributed by atoms with Gasteiger partial charge in [-0.05, 0) is 74.9 Å². The highest BCUT2D eigenvalue weighted by Crippen LogP contribution is 2.23. The van der Waals surface area contributed by atoms with Gasteiger partial charge in [0.05, 0.1) is 6.04 Å². The minimum atomic E-state index is -0.541. The number of aryl methyl sites for hydroxylation is 3. The molecule has 1 N–H and O–H groups in total. The Morgan fingerprint density at radius 1 is 1.04 bits per heavy atom. The molecule has 0 radical (unpaired) electrons. The first kappa shape index (κ1) is 19.0. The second-order valence-corrected chi connectivity index (χ2v) is 6.77. The molecule has 3 nitrogen and oxygen atoms in total. The quantitative estimate of drug-likeness (QED) is 0.808. The average Bonchev–Trinajstić information content (AvgIpc) is 2.59. The van der Waals surface area contributed by atoms with Crippen LogP contribution in [0.15, 0.2) is 36.4 Å². The fourth-order valence-electron chi connectivity index (χ4n) is 2.79. The van der Waals surface area contributed by atoms with E-state index in [2.05, 4.69) is 44.3 Å². The molecule has 25 heavy (non-hydrogen) atoms. The number of carbonyl (C=O) groups excluding carboxylic acids is 1. The predicted molar refractivity (Wildman–Crippen MR) is 103 cm³/mol. The lowest BCUT2D eigenvalue weighted by Crippen LogP contribution is -2.38. The summed E-state index contributed by atoms with van der Waals surface area (Å²) in [5, 5.41) is 3.12. The van der Waals surface area contributed by atoms with Crippen molar-refractivity contribution in [3.8, 4) is 5.75 Å². The van der Waals surface area contributed by atoms with Gasteiger partial charge in [0.2, 0.25) is 0 Å². The highest BCUT2D eigenvalue weighted by Gasteiger charge is 2.20. The first-order valence-corrected chi connectivity index (χ1v) is 8.93. The Morgan fingerprint density at radius 3 is 2.40 bits per heavy atom. The van der Waals surface area contributed by atoms with Gasteiger partial charge in [0.1, 0.15) is 5.75 Å². The molecule has 3 heteroatoms. The number of hydrogen-bond acceptors (Lipinski definition) is 2. The van der Waals surface area contributed by atoms with E-state index >= 15 is 0 Å². The molecular formula is C22H29NO2. The molecule has 0 unspecified atom stereocenters. The molecule has 2 aromatic rings. The molecule has 0 aromatic heterocycles. The third-order valence-electron chi connectivity index (χ3n) is 4.89. The third-order valence-corrected chi connectivity index (χ3v) is 4.89. The van der Waals surface area contributed by atoms with E-state index in [-0.39, 0.29) is 11.9 Å². The lowest BCUT2D eigenvalue weighted by molar-refractivity contribution is -0.128. The molecule has 0 aliphatic rings. The van der Waals surface area contributed by atoms with Crippen molar-refractivity contribution < 1.29 is 9.53 Å². The molecule has 2 rings (SSSR count). The van der Waals surface area contributed by atoms with E-state index in [0.29, 0.717) is 0 Å². The van der Waals surface area contributed by atoms with Crippen molar-refractivity contribution in [3.05, 3.63) is 64.2 Å². The largest absolute Gasteiger partial charge is 0.481 e. The van der Waals surface area contributed by atoms with E-state index in [4.69, 9.17) is 4.74 Å². The van der Waals surface area contributed by atoms with E-state index in [1.165, 1.54) is 11.1 Å². The van der Waals surface area contributed by atoms with Crippen LogP contribution >= 0.6 is 0 Å². The Kier molecular flexibility index (Phi) is 6.24. The summed E-state index contributed by atoms with van der Waals surface area (Å²) in [4.78, 5) is 12.6. The van der Waals surface area contributed by atoms with Crippen molar-refractivity contribution in [2.75, 3.05) is 0 Å². The predicted octanol–water partition coefficient (Wildman–Crippen LogP) is 4.96. The number of amides is 1. The van der Waals surface area contributed by atoms with E-state index in [1.54, 1.807) is 6.92 Å². The molecule has 0 aliphatic heterocycles. The van der Waals surface area contributed by atoms with Crippen LogP contribution in [0, 0.1) is 27.7 Å². The van der Waals surface area contributed by atoms with Crippen LogP contribution in [0.2, 0.25) is 0 Å². The number of rotatable bonds is 6. The number of nitrogens with one attached hydrogen (secondary N) is 1. The highest BCUT2D eigenvalue weighted by molar-refractivity contribution is 5.81. The van der Waals surface area contributed by atoms with Gasteiger partial charge in [0.25, 0.3) is 5.91 Å². The summed E-state index contributed by atoms with van der Waals surface area (Å²) < 4.78 is 5.90. The Labute approximate surface area is 151 Å². The summed E-state index contributed by atoms with van der Waals surface area (Å²) in [7, 11) is 0. The van der Waals surface area contributed by atoms with Crippen molar-refractivity contribution >= 4 is 5.91 Å². The zero-order valence-corrected chi connectivity index (χ0v) is 16.1. The summed E-state index contributed by atoms with van der Waals surface area (Å²) in [6, 6.07) is 12.2. The summed E-state index contributed by atoms with van der Waals surface area (Å²) in [6.07, 6.45) is 0.297. The van der Waals surface area contributed by atoms with E-state index in [1.807, 2.05) is 32.0 Å². The van der Waals surface area contributed by atoms with Gasteiger partial charge in [0.15, 0.2) is 6.10 Å². The van der Waals surface area contributed by atoms with Gasteiger partial charge >= 0.3 is 0 Å². The molecule has 0 aliphatic carbocycles. The van der Waals surface area contributed by atoms with Crippen LogP contribution < -0.4 is 10.1 Å². The normalized spacial score (nSPS) is 13.2. The Balaban J connectivity index is 2.08.